The number of imidazole rings is 1. The molecule has 1 atom stereocenters. The zero-order valence-electron chi connectivity index (χ0n) is 12.6. The molecule has 0 saturated carbocycles. The van der Waals surface area contributed by atoms with Gasteiger partial charge in [-0.25, -0.2) is 19.7 Å². The summed E-state index contributed by atoms with van der Waals surface area (Å²) in [6.07, 6.45) is 2.86. The molecule has 0 bridgehead atoms. The van der Waals surface area contributed by atoms with Crippen molar-refractivity contribution >= 4 is 28.9 Å². The number of fused-ring (bicyclic) bond motifs is 1. The molecule has 0 radical (unpaired) electrons. The zero-order valence-corrected chi connectivity index (χ0v) is 12.6. The number of anilines is 1. The van der Waals surface area contributed by atoms with Gasteiger partial charge in [0.25, 0.3) is 0 Å². The molecule has 0 aliphatic rings. The van der Waals surface area contributed by atoms with E-state index in [2.05, 4.69) is 25.3 Å². The quantitative estimate of drug-likeness (QED) is 0.687. The summed E-state index contributed by atoms with van der Waals surface area (Å²) in [5.41, 5.74) is 1.12. The van der Waals surface area contributed by atoms with Crippen LogP contribution >= 0.6 is 0 Å². The van der Waals surface area contributed by atoms with Crippen LogP contribution in [-0.2, 0) is 9.59 Å². The number of nitrogens with one attached hydrogen (secondary N) is 2. The molecule has 0 saturated heterocycles. The third-order valence-corrected chi connectivity index (χ3v) is 3.19. The van der Waals surface area contributed by atoms with Gasteiger partial charge in [-0.1, -0.05) is 13.8 Å². The van der Waals surface area contributed by atoms with Crippen molar-refractivity contribution in [3.63, 3.8) is 0 Å². The molecule has 118 valence electrons. The summed E-state index contributed by atoms with van der Waals surface area (Å²) < 4.78 is 0. The van der Waals surface area contributed by atoms with Crippen LogP contribution in [0.2, 0.25) is 0 Å². The van der Waals surface area contributed by atoms with Crippen LogP contribution in [0.1, 0.15) is 13.8 Å². The lowest BCUT2D eigenvalue weighted by molar-refractivity contribution is -0.142. The van der Waals surface area contributed by atoms with Crippen LogP contribution < -0.4 is 10.2 Å². The highest BCUT2D eigenvalue weighted by Crippen LogP contribution is 2.17. The highest BCUT2D eigenvalue weighted by Gasteiger charge is 2.24. The molecule has 9 nitrogen and oxygen atoms in total. The molecular formula is C13H18N6O3. The highest BCUT2D eigenvalue weighted by molar-refractivity contribution is 5.89. The van der Waals surface area contributed by atoms with Crippen LogP contribution in [0.5, 0.6) is 0 Å². The molecule has 0 aromatic carbocycles. The summed E-state index contributed by atoms with van der Waals surface area (Å²) in [5.74, 6) is -1.13. The molecule has 2 rings (SSSR count). The maximum atomic E-state index is 12.0. The summed E-state index contributed by atoms with van der Waals surface area (Å²) >= 11 is 0. The predicted octanol–water partition coefficient (Wildman–Crippen LogP) is 0.0145. The van der Waals surface area contributed by atoms with E-state index in [4.69, 9.17) is 5.11 Å². The number of carbonyl (C=O) groups excluding carboxylic acids is 1. The van der Waals surface area contributed by atoms with Crippen molar-refractivity contribution in [2.75, 3.05) is 18.5 Å². The normalized spacial score (nSPS) is 12.4. The fourth-order valence-corrected chi connectivity index (χ4v) is 2.06. The molecule has 0 fully saturated rings. The fourth-order valence-electron chi connectivity index (χ4n) is 2.06. The molecular weight excluding hydrogens is 288 g/mol. The average Bonchev–Trinajstić information content (AvgIpc) is 2.92. The second-order valence-corrected chi connectivity index (χ2v) is 5.28. The van der Waals surface area contributed by atoms with Gasteiger partial charge >= 0.3 is 5.97 Å². The molecule has 9 heteroatoms. The van der Waals surface area contributed by atoms with Gasteiger partial charge in [0, 0.05) is 7.05 Å². The number of rotatable bonds is 6. The van der Waals surface area contributed by atoms with Crippen LogP contribution in [-0.4, -0.2) is 56.6 Å². The van der Waals surface area contributed by atoms with E-state index in [1.165, 1.54) is 12.7 Å². The van der Waals surface area contributed by atoms with Gasteiger partial charge in [0.1, 0.15) is 17.9 Å². The number of H-pyrrole nitrogens is 1. The molecule has 2 aromatic heterocycles. The molecule has 22 heavy (non-hydrogen) atoms. The average molecular weight is 306 g/mol. The lowest BCUT2D eigenvalue weighted by Gasteiger charge is -2.21. The SMILES string of the molecule is CC(C)[C@H](NC(=O)CN(C)c1ncnc2nc[nH]c12)C(=O)O. The van der Waals surface area contributed by atoms with Gasteiger partial charge < -0.3 is 20.3 Å². The standard InChI is InChI=1S/C13H18N6O3/c1-7(2)9(13(21)22)18-8(20)4-19(3)12-10-11(15-5-14-10)16-6-17-12/h5-7,9H,4H2,1-3H3,(H,18,20)(H,21,22)(H,14,15,16,17)/t9-/m0/s1. The first-order valence-corrected chi connectivity index (χ1v) is 6.77. The van der Waals surface area contributed by atoms with E-state index in [-0.39, 0.29) is 12.5 Å². The third kappa shape index (κ3) is 3.30. The Morgan fingerprint density at radius 3 is 2.73 bits per heavy atom. The number of likely N-dealkylation sites (N-methyl/N-ethyl adjacent to an activating group) is 1. The number of hydrogen-bond donors (Lipinski definition) is 3. The maximum absolute atomic E-state index is 12.0. The van der Waals surface area contributed by atoms with Crippen LogP contribution in [0.25, 0.3) is 11.2 Å². The number of nitrogens with zero attached hydrogens (tertiary/aromatic N) is 4. The Morgan fingerprint density at radius 1 is 1.36 bits per heavy atom. The van der Waals surface area contributed by atoms with E-state index in [0.717, 1.165) is 0 Å². The Bertz CT molecular complexity index is 683. The Kier molecular flexibility index (Phi) is 4.54. The van der Waals surface area contributed by atoms with Gasteiger partial charge in [0.2, 0.25) is 5.91 Å². The van der Waals surface area contributed by atoms with E-state index < -0.39 is 17.9 Å². The summed E-state index contributed by atoms with van der Waals surface area (Å²) in [6, 6.07) is -0.918. The van der Waals surface area contributed by atoms with E-state index in [9.17, 15) is 9.59 Å². The molecule has 2 aromatic rings. The lowest BCUT2D eigenvalue weighted by atomic mass is 10.0. The van der Waals surface area contributed by atoms with Crippen molar-refractivity contribution in [3.8, 4) is 0 Å². The van der Waals surface area contributed by atoms with Crippen molar-refractivity contribution < 1.29 is 14.7 Å². The first-order valence-electron chi connectivity index (χ1n) is 6.77. The topological polar surface area (TPSA) is 124 Å². The van der Waals surface area contributed by atoms with Crippen LogP contribution in [0.15, 0.2) is 12.7 Å². The number of aromatic nitrogens is 4. The largest absolute Gasteiger partial charge is 0.480 e. The smallest absolute Gasteiger partial charge is 0.326 e. The van der Waals surface area contributed by atoms with E-state index in [0.29, 0.717) is 17.0 Å². The Labute approximate surface area is 126 Å². The Morgan fingerprint density at radius 2 is 2.09 bits per heavy atom. The number of aliphatic carboxylic acids is 1. The number of carboxylic acid groups (broad SMARTS) is 1. The lowest BCUT2D eigenvalue weighted by Crippen LogP contribution is -2.47. The molecule has 2 heterocycles. The first kappa shape index (κ1) is 15.7. The van der Waals surface area contributed by atoms with Gasteiger partial charge in [0.05, 0.1) is 12.9 Å². The van der Waals surface area contributed by atoms with Crippen molar-refractivity contribution in [2.24, 2.45) is 5.92 Å². The third-order valence-electron chi connectivity index (χ3n) is 3.19. The zero-order chi connectivity index (χ0) is 16.3. The van der Waals surface area contributed by atoms with Crippen molar-refractivity contribution in [1.29, 1.82) is 0 Å². The van der Waals surface area contributed by atoms with E-state index in [1.54, 1.807) is 25.8 Å². The highest BCUT2D eigenvalue weighted by atomic mass is 16.4. The van der Waals surface area contributed by atoms with Crippen molar-refractivity contribution in [2.45, 2.75) is 19.9 Å². The number of aromatic amines is 1. The van der Waals surface area contributed by atoms with Crippen molar-refractivity contribution in [1.82, 2.24) is 25.3 Å². The minimum Gasteiger partial charge on any atom is -0.480 e. The first-order chi connectivity index (χ1) is 10.4. The maximum Gasteiger partial charge on any atom is 0.326 e. The molecule has 1 amide bonds. The molecule has 3 N–H and O–H groups in total. The van der Waals surface area contributed by atoms with Crippen LogP contribution in [0, 0.1) is 5.92 Å². The van der Waals surface area contributed by atoms with Crippen molar-refractivity contribution in [3.05, 3.63) is 12.7 Å². The number of carboxylic acids is 1. The fraction of sp³-hybridized carbons (Fsp3) is 0.462. The summed E-state index contributed by atoms with van der Waals surface area (Å²) in [7, 11) is 1.69. The van der Waals surface area contributed by atoms with Gasteiger partial charge in [0.15, 0.2) is 11.5 Å². The van der Waals surface area contributed by atoms with Gasteiger partial charge in [-0.15, -0.1) is 0 Å². The summed E-state index contributed by atoms with van der Waals surface area (Å²) in [6.45, 7) is 3.45. The molecule has 0 aliphatic carbocycles. The van der Waals surface area contributed by atoms with Gasteiger partial charge in [-0.2, -0.15) is 0 Å². The second-order valence-electron chi connectivity index (χ2n) is 5.28. The molecule has 0 unspecified atom stereocenters. The number of carbonyl (C=O) groups is 2. The van der Waals surface area contributed by atoms with E-state index in [1.807, 2.05) is 0 Å². The molecule has 0 aliphatic heterocycles. The monoisotopic (exact) mass is 306 g/mol. The second kappa shape index (κ2) is 6.37. The Balaban J connectivity index is 2.08. The van der Waals surface area contributed by atoms with E-state index >= 15 is 0 Å². The summed E-state index contributed by atoms with van der Waals surface area (Å²) in [4.78, 5) is 39.8. The number of amides is 1. The summed E-state index contributed by atoms with van der Waals surface area (Å²) in [5, 5.41) is 11.6. The predicted molar refractivity (Wildman–Crippen MR) is 79.4 cm³/mol. The minimum atomic E-state index is -1.05. The van der Waals surface area contributed by atoms with Gasteiger partial charge in [-0.05, 0) is 5.92 Å². The van der Waals surface area contributed by atoms with Gasteiger partial charge in [-0.3, -0.25) is 4.79 Å². The molecule has 0 spiro atoms. The van der Waals surface area contributed by atoms with Crippen LogP contribution in [0.4, 0.5) is 5.82 Å². The number of hydrogen-bond acceptors (Lipinski definition) is 6. The Hall–Kier alpha value is -2.71. The van der Waals surface area contributed by atoms with Crippen LogP contribution in [0.3, 0.4) is 0 Å². The minimum absolute atomic E-state index is 0.0262.